The molecule has 0 atom stereocenters. The first kappa shape index (κ1) is 12.5. The van der Waals surface area contributed by atoms with Gasteiger partial charge in [0.2, 0.25) is 0 Å². The molecule has 0 bridgehead atoms. The summed E-state index contributed by atoms with van der Waals surface area (Å²) in [5, 5.41) is 4.03. The minimum Gasteiger partial charge on any atom is -0.492 e. The van der Waals surface area contributed by atoms with Gasteiger partial charge in [-0.3, -0.25) is 4.68 Å². The van der Waals surface area contributed by atoms with Crippen LogP contribution in [0.3, 0.4) is 0 Å². The van der Waals surface area contributed by atoms with Gasteiger partial charge in [0, 0.05) is 24.0 Å². The molecule has 0 fully saturated rings. The lowest BCUT2D eigenvalue weighted by Crippen LogP contribution is -2.12. The number of aromatic nitrogens is 2. The Labute approximate surface area is 109 Å². The van der Waals surface area contributed by atoms with Crippen molar-refractivity contribution in [3.8, 4) is 5.75 Å². The molecule has 0 spiro atoms. The number of ether oxygens (including phenoxy) is 1. The van der Waals surface area contributed by atoms with Crippen molar-refractivity contribution < 1.29 is 9.13 Å². The fourth-order valence-corrected chi connectivity index (χ4v) is 1.64. The van der Waals surface area contributed by atoms with Gasteiger partial charge in [-0.1, -0.05) is 12.2 Å². The maximum Gasteiger partial charge on any atom is 0.137 e. The van der Waals surface area contributed by atoms with Crippen molar-refractivity contribution in [3.63, 3.8) is 0 Å². The van der Waals surface area contributed by atoms with E-state index < -0.39 is 5.82 Å². The lowest BCUT2D eigenvalue weighted by atomic mass is 10.2. The summed E-state index contributed by atoms with van der Waals surface area (Å²) in [4.78, 5) is 0.0376. The number of nitrogens with zero attached hydrogens (tertiary/aromatic N) is 2. The number of nitrogens with two attached hydrogens (primary N) is 1. The molecule has 2 aromatic rings. The van der Waals surface area contributed by atoms with E-state index in [0.29, 0.717) is 18.9 Å². The van der Waals surface area contributed by atoms with E-state index in [1.807, 2.05) is 12.3 Å². The van der Waals surface area contributed by atoms with E-state index in [4.69, 9.17) is 22.7 Å². The quantitative estimate of drug-likeness (QED) is 0.837. The van der Waals surface area contributed by atoms with Crippen LogP contribution in [-0.2, 0) is 6.54 Å². The van der Waals surface area contributed by atoms with Crippen LogP contribution in [0.25, 0.3) is 0 Å². The lowest BCUT2D eigenvalue weighted by Gasteiger charge is -2.08. The van der Waals surface area contributed by atoms with Gasteiger partial charge in [-0.15, -0.1) is 0 Å². The molecule has 0 unspecified atom stereocenters. The van der Waals surface area contributed by atoms with Crippen LogP contribution in [0.1, 0.15) is 5.56 Å². The summed E-state index contributed by atoms with van der Waals surface area (Å²) in [7, 11) is 0. The SMILES string of the molecule is NC(=S)c1ccc(OCCn2cccn2)cc1F. The third-order valence-corrected chi connectivity index (χ3v) is 2.57. The number of hydrogen-bond acceptors (Lipinski definition) is 3. The van der Waals surface area contributed by atoms with Gasteiger partial charge in [0.25, 0.3) is 0 Å². The van der Waals surface area contributed by atoms with Gasteiger partial charge in [-0.25, -0.2) is 4.39 Å². The highest BCUT2D eigenvalue weighted by Crippen LogP contribution is 2.16. The topological polar surface area (TPSA) is 53.1 Å². The van der Waals surface area contributed by atoms with Crippen LogP contribution in [0.5, 0.6) is 5.75 Å². The van der Waals surface area contributed by atoms with Crippen molar-refractivity contribution >= 4 is 17.2 Å². The highest BCUT2D eigenvalue weighted by atomic mass is 32.1. The Morgan fingerprint density at radius 3 is 2.94 bits per heavy atom. The minimum absolute atomic E-state index is 0.0376. The zero-order chi connectivity index (χ0) is 13.0. The number of hydrogen-bond donors (Lipinski definition) is 1. The van der Waals surface area contributed by atoms with Crippen molar-refractivity contribution in [2.24, 2.45) is 5.73 Å². The molecule has 1 aromatic heterocycles. The summed E-state index contributed by atoms with van der Waals surface area (Å²) in [5.41, 5.74) is 5.59. The average Bonchev–Trinajstić information content (AvgIpc) is 2.81. The van der Waals surface area contributed by atoms with E-state index >= 15 is 0 Å². The molecular weight excluding hydrogens is 253 g/mol. The molecule has 1 heterocycles. The van der Waals surface area contributed by atoms with Gasteiger partial charge >= 0.3 is 0 Å². The van der Waals surface area contributed by atoms with E-state index in [1.54, 1.807) is 16.9 Å². The van der Waals surface area contributed by atoms with Crippen molar-refractivity contribution in [1.29, 1.82) is 0 Å². The Morgan fingerprint density at radius 2 is 2.33 bits per heavy atom. The molecule has 4 nitrogen and oxygen atoms in total. The van der Waals surface area contributed by atoms with Gasteiger partial charge in [0.1, 0.15) is 23.2 Å². The van der Waals surface area contributed by atoms with Crippen molar-refractivity contribution in [2.75, 3.05) is 6.61 Å². The molecule has 0 aliphatic carbocycles. The summed E-state index contributed by atoms with van der Waals surface area (Å²) in [6, 6.07) is 6.26. The third-order valence-electron chi connectivity index (χ3n) is 2.35. The number of halogens is 1. The summed E-state index contributed by atoms with van der Waals surface area (Å²) < 4.78 is 20.7. The second-order valence-electron chi connectivity index (χ2n) is 3.62. The maximum absolute atomic E-state index is 13.5. The Hall–Kier alpha value is -1.95. The van der Waals surface area contributed by atoms with E-state index in [-0.39, 0.29) is 10.6 Å². The van der Waals surface area contributed by atoms with Crippen molar-refractivity contribution in [1.82, 2.24) is 9.78 Å². The summed E-state index contributed by atoms with van der Waals surface area (Å²) in [6.45, 7) is 1.01. The smallest absolute Gasteiger partial charge is 0.137 e. The monoisotopic (exact) mass is 265 g/mol. The molecule has 0 radical (unpaired) electrons. The maximum atomic E-state index is 13.5. The van der Waals surface area contributed by atoms with Crippen molar-refractivity contribution in [3.05, 3.63) is 48.0 Å². The first-order valence-corrected chi connectivity index (χ1v) is 5.77. The average molecular weight is 265 g/mol. The number of benzene rings is 1. The number of rotatable bonds is 5. The molecule has 94 valence electrons. The van der Waals surface area contributed by atoms with Gasteiger partial charge in [-0.05, 0) is 18.2 Å². The molecular formula is C12H12FN3OS. The molecule has 0 saturated heterocycles. The first-order valence-electron chi connectivity index (χ1n) is 5.36. The second kappa shape index (κ2) is 5.59. The van der Waals surface area contributed by atoms with Crippen LogP contribution in [0, 0.1) is 5.82 Å². The Morgan fingerprint density at radius 1 is 1.50 bits per heavy atom. The zero-order valence-corrected chi connectivity index (χ0v) is 10.4. The normalized spacial score (nSPS) is 10.3. The van der Waals surface area contributed by atoms with E-state index in [2.05, 4.69) is 5.10 Å². The van der Waals surface area contributed by atoms with Gasteiger partial charge in [0.05, 0.1) is 6.54 Å². The largest absolute Gasteiger partial charge is 0.492 e. The van der Waals surface area contributed by atoms with Crippen LogP contribution < -0.4 is 10.5 Å². The lowest BCUT2D eigenvalue weighted by molar-refractivity contribution is 0.290. The molecule has 2 rings (SSSR count). The highest BCUT2D eigenvalue weighted by Gasteiger charge is 2.06. The summed E-state index contributed by atoms with van der Waals surface area (Å²) in [5.74, 6) is -0.0289. The Kier molecular flexibility index (Phi) is 3.88. The van der Waals surface area contributed by atoms with E-state index in [0.717, 1.165) is 0 Å². The molecule has 0 saturated carbocycles. The van der Waals surface area contributed by atoms with Crippen LogP contribution in [0.2, 0.25) is 0 Å². The van der Waals surface area contributed by atoms with Gasteiger partial charge in [-0.2, -0.15) is 5.10 Å². The second-order valence-corrected chi connectivity index (χ2v) is 4.06. The fraction of sp³-hybridized carbons (Fsp3) is 0.167. The molecule has 0 aliphatic heterocycles. The van der Waals surface area contributed by atoms with Gasteiger partial charge in [0.15, 0.2) is 0 Å². The van der Waals surface area contributed by atoms with Crippen molar-refractivity contribution in [2.45, 2.75) is 6.54 Å². The van der Waals surface area contributed by atoms with Crippen LogP contribution in [-0.4, -0.2) is 21.4 Å². The van der Waals surface area contributed by atoms with E-state index in [9.17, 15) is 4.39 Å². The van der Waals surface area contributed by atoms with Crippen LogP contribution in [0.4, 0.5) is 4.39 Å². The zero-order valence-electron chi connectivity index (χ0n) is 9.54. The number of thiocarbonyl (C=S) groups is 1. The Bertz CT molecular complexity index is 542. The predicted molar refractivity (Wildman–Crippen MR) is 70.0 cm³/mol. The van der Waals surface area contributed by atoms with E-state index in [1.165, 1.54) is 12.1 Å². The standard InChI is InChI=1S/C12H12FN3OS/c13-11-8-9(2-3-10(11)12(14)18)17-7-6-16-5-1-4-15-16/h1-5,8H,6-7H2,(H2,14,18). The fourth-order valence-electron chi connectivity index (χ4n) is 1.48. The molecule has 0 aliphatic rings. The molecule has 2 N–H and O–H groups in total. The van der Waals surface area contributed by atoms with Crippen LogP contribution >= 0.6 is 12.2 Å². The van der Waals surface area contributed by atoms with Crippen LogP contribution in [0.15, 0.2) is 36.7 Å². The minimum atomic E-state index is -0.473. The molecule has 1 aromatic carbocycles. The highest BCUT2D eigenvalue weighted by molar-refractivity contribution is 7.80. The summed E-state index contributed by atoms with van der Waals surface area (Å²) >= 11 is 4.72. The van der Waals surface area contributed by atoms with Gasteiger partial charge < -0.3 is 10.5 Å². The molecule has 6 heteroatoms. The predicted octanol–water partition coefficient (Wildman–Crippen LogP) is 1.74. The molecule has 0 amide bonds. The summed E-state index contributed by atoms with van der Waals surface area (Å²) in [6.07, 6.45) is 3.52. The molecule has 18 heavy (non-hydrogen) atoms. The Balaban J connectivity index is 1.94. The first-order chi connectivity index (χ1) is 8.66. The third kappa shape index (κ3) is 3.04.